The van der Waals surface area contributed by atoms with E-state index in [4.69, 9.17) is 0 Å². The van der Waals surface area contributed by atoms with E-state index in [0.717, 1.165) is 24.7 Å². The van der Waals surface area contributed by atoms with Crippen LogP contribution in [0.5, 0.6) is 0 Å². The smallest absolute Gasteiger partial charge is 0.337 e. The minimum absolute atomic E-state index is 0.00985. The third kappa shape index (κ3) is 3.26. The van der Waals surface area contributed by atoms with Gasteiger partial charge in [0.25, 0.3) is 11.5 Å². The molecule has 0 saturated carbocycles. The van der Waals surface area contributed by atoms with Crippen molar-refractivity contribution in [1.82, 2.24) is 24.8 Å². The molecule has 2 aromatic heterocycles. The van der Waals surface area contributed by atoms with E-state index in [0.29, 0.717) is 13.0 Å². The zero-order valence-corrected chi connectivity index (χ0v) is 12.2. The Morgan fingerprint density at radius 2 is 2.12 bits per heavy atom. The molecule has 1 N–H and O–H groups in total. The summed E-state index contributed by atoms with van der Waals surface area (Å²) in [5, 5.41) is 0. The van der Waals surface area contributed by atoms with Crippen molar-refractivity contribution in [3.63, 3.8) is 0 Å². The minimum atomic E-state index is -4.54. The second-order valence-corrected chi connectivity index (χ2v) is 5.33. The van der Waals surface area contributed by atoms with Gasteiger partial charge in [0.15, 0.2) is 0 Å². The summed E-state index contributed by atoms with van der Waals surface area (Å²) in [6, 6.07) is 1.89. The fourth-order valence-electron chi connectivity index (χ4n) is 2.53. The molecule has 3 rings (SSSR count). The Morgan fingerprint density at radius 3 is 2.83 bits per heavy atom. The normalized spacial score (nSPS) is 18.0. The molecule has 1 aliphatic rings. The first-order valence-corrected chi connectivity index (χ1v) is 7.09. The Balaban J connectivity index is 1.76. The number of H-pyrrole nitrogens is 1. The number of carbonyl (C=O) groups excluding carboxylic acids is 1. The standard InChI is InChI=1S/C14H12F3N5O2/c15-14(16,17)10-1-3-18-12(21-10)8-2-4-22(6-8)13(24)9-5-11(23)20-7-19-9/h1,3,5,7-8H,2,4,6H2,(H,19,20,23). The second kappa shape index (κ2) is 6.02. The summed E-state index contributed by atoms with van der Waals surface area (Å²) >= 11 is 0. The molecule has 3 heterocycles. The van der Waals surface area contributed by atoms with Crippen molar-refractivity contribution in [3.8, 4) is 0 Å². The van der Waals surface area contributed by atoms with Crippen LogP contribution in [0.25, 0.3) is 0 Å². The molecule has 1 fully saturated rings. The molecule has 0 radical (unpaired) electrons. The zero-order chi connectivity index (χ0) is 17.3. The van der Waals surface area contributed by atoms with Crippen LogP contribution in [0.4, 0.5) is 13.2 Å². The first-order chi connectivity index (χ1) is 11.3. The summed E-state index contributed by atoms with van der Waals surface area (Å²) < 4.78 is 38.2. The van der Waals surface area contributed by atoms with Gasteiger partial charge in [-0.15, -0.1) is 0 Å². The molecule has 1 unspecified atom stereocenters. The van der Waals surface area contributed by atoms with Gasteiger partial charge < -0.3 is 9.88 Å². The average molecular weight is 339 g/mol. The highest BCUT2D eigenvalue weighted by Gasteiger charge is 2.35. The zero-order valence-electron chi connectivity index (χ0n) is 12.2. The van der Waals surface area contributed by atoms with Crippen molar-refractivity contribution < 1.29 is 18.0 Å². The van der Waals surface area contributed by atoms with Crippen LogP contribution >= 0.6 is 0 Å². The largest absolute Gasteiger partial charge is 0.433 e. The quantitative estimate of drug-likeness (QED) is 0.888. The number of amides is 1. The summed E-state index contributed by atoms with van der Waals surface area (Å²) in [5.41, 5.74) is -1.47. The minimum Gasteiger partial charge on any atom is -0.337 e. The highest BCUT2D eigenvalue weighted by atomic mass is 19.4. The van der Waals surface area contributed by atoms with Gasteiger partial charge in [-0.2, -0.15) is 13.2 Å². The van der Waals surface area contributed by atoms with E-state index in [9.17, 15) is 22.8 Å². The van der Waals surface area contributed by atoms with Gasteiger partial charge in [0.1, 0.15) is 17.2 Å². The maximum absolute atomic E-state index is 12.7. The van der Waals surface area contributed by atoms with E-state index in [1.54, 1.807) is 0 Å². The van der Waals surface area contributed by atoms with Gasteiger partial charge in [-0.3, -0.25) is 9.59 Å². The van der Waals surface area contributed by atoms with E-state index >= 15 is 0 Å². The summed E-state index contributed by atoms with van der Waals surface area (Å²) in [6.45, 7) is 0.506. The Labute approximate surface area is 133 Å². The fourth-order valence-corrected chi connectivity index (χ4v) is 2.53. The van der Waals surface area contributed by atoms with Gasteiger partial charge in [-0.1, -0.05) is 0 Å². The summed E-state index contributed by atoms with van der Waals surface area (Å²) in [6.07, 6.45) is -1.91. The molecule has 7 nitrogen and oxygen atoms in total. The molecule has 0 bridgehead atoms. The number of hydrogen-bond acceptors (Lipinski definition) is 5. The van der Waals surface area contributed by atoms with Crippen molar-refractivity contribution >= 4 is 5.91 Å². The van der Waals surface area contributed by atoms with Crippen molar-refractivity contribution in [3.05, 3.63) is 52.2 Å². The van der Waals surface area contributed by atoms with Gasteiger partial charge in [0.05, 0.1) is 6.33 Å². The van der Waals surface area contributed by atoms with Gasteiger partial charge in [0, 0.05) is 31.3 Å². The third-order valence-electron chi connectivity index (χ3n) is 3.70. The van der Waals surface area contributed by atoms with Crippen LogP contribution in [0.3, 0.4) is 0 Å². The highest BCUT2D eigenvalue weighted by molar-refractivity contribution is 5.92. The van der Waals surface area contributed by atoms with Crippen LogP contribution in [-0.2, 0) is 6.18 Å². The molecule has 1 amide bonds. The molecular formula is C14H12F3N5O2. The van der Waals surface area contributed by atoms with Crippen LogP contribution in [0.1, 0.15) is 34.3 Å². The SMILES string of the molecule is O=C(c1cc(=O)[nH]cn1)N1CCC(c2nccc(C(F)(F)F)n2)C1. The summed E-state index contributed by atoms with van der Waals surface area (Å²) in [4.78, 5) is 38.5. The van der Waals surface area contributed by atoms with E-state index in [-0.39, 0.29) is 18.1 Å². The molecular weight excluding hydrogens is 327 g/mol. The lowest BCUT2D eigenvalue weighted by atomic mass is 10.1. The Bertz CT molecular complexity index is 820. The molecule has 24 heavy (non-hydrogen) atoms. The summed E-state index contributed by atoms with van der Waals surface area (Å²) in [5.74, 6) is -0.784. The lowest BCUT2D eigenvalue weighted by molar-refractivity contribution is -0.141. The predicted octanol–water partition coefficient (Wildman–Crippen LogP) is 1.21. The monoisotopic (exact) mass is 339 g/mol. The molecule has 1 aliphatic heterocycles. The average Bonchev–Trinajstić information content (AvgIpc) is 3.03. The number of nitrogens with one attached hydrogen (secondary N) is 1. The maximum Gasteiger partial charge on any atom is 0.433 e. The number of likely N-dealkylation sites (tertiary alicyclic amines) is 1. The Kier molecular flexibility index (Phi) is 4.04. The highest BCUT2D eigenvalue weighted by Crippen LogP contribution is 2.30. The fraction of sp³-hybridized carbons (Fsp3) is 0.357. The first-order valence-electron chi connectivity index (χ1n) is 7.09. The molecule has 1 atom stereocenters. The van der Waals surface area contributed by atoms with Crippen LogP contribution in [0, 0.1) is 0 Å². The predicted molar refractivity (Wildman–Crippen MR) is 75.2 cm³/mol. The van der Waals surface area contributed by atoms with Crippen LogP contribution < -0.4 is 5.56 Å². The van der Waals surface area contributed by atoms with Gasteiger partial charge in [-0.25, -0.2) is 15.0 Å². The van der Waals surface area contributed by atoms with E-state index in [1.165, 1.54) is 4.90 Å². The number of nitrogens with zero attached hydrogens (tertiary/aromatic N) is 4. The van der Waals surface area contributed by atoms with E-state index < -0.39 is 29.3 Å². The molecule has 0 spiro atoms. The van der Waals surface area contributed by atoms with Gasteiger partial charge in [-0.05, 0) is 12.5 Å². The van der Waals surface area contributed by atoms with Crippen molar-refractivity contribution in [2.75, 3.05) is 13.1 Å². The molecule has 0 aromatic carbocycles. The van der Waals surface area contributed by atoms with Crippen molar-refractivity contribution in [2.45, 2.75) is 18.5 Å². The lowest BCUT2D eigenvalue weighted by Crippen LogP contribution is -2.30. The number of aromatic amines is 1. The first kappa shape index (κ1) is 16.1. The molecule has 0 aliphatic carbocycles. The number of carbonyl (C=O) groups is 1. The summed E-state index contributed by atoms with van der Waals surface area (Å²) in [7, 11) is 0. The molecule has 1 saturated heterocycles. The van der Waals surface area contributed by atoms with Crippen molar-refractivity contribution in [2.24, 2.45) is 0 Å². The van der Waals surface area contributed by atoms with E-state index in [1.807, 2.05) is 0 Å². The number of halogens is 3. The number of aromatic nitrogens is 4. The molecule has 2 aromatic rings. The maximum atomic E-state index is 12.7. The number of hydrogen-bond donors (Lipinski definition) is 1. The van der Waals surface area contributed by atoms with E-state index in [2.05, 4.69) is 19.9 Å². The van der Waals surface area contributed by atoms with Crippen molar-refractivity contribution in [1.29, 1.82) is 0 Å². The topological polar surface area (TPSA) is 91.8 Å². The van der Waals surface area contributed by atoms with Crippen LogP contribution in [-0.4, -0.2) is 43.8 Å². The lowest BCUT2D eigenvalue weighted by Gasteiger charge is -2.15. The number of rotatable bonds is 2. The number of alkyl halides is 3. The van der Waals surface area contributed by atoms with Crippen LogP contribution in [0.2, 0.25) is 0 Å². The Hall–Kier alpha value is -2.78. The Morgan fingerprint density at radius 1 is 1.33 bits per heavy atom. The van der Waals surface area contributed by atoms with Crippen LogP contribution in [0.15, 0.2) is 29.5 Å². The second-order valence-electron chi connectivity index (χ2n) is 5.33. The molecule has 126 valence electrons. The third-order valence-corrected chi connectivity index (χ3v) is 3.70. The molecule has 10 heteroatoms. The van der Waals surface area contributed by atoms with Gasteiger partial charge in [0.2, 0.25) is 0 Å². The van der Waals surface area contributed by atoms with Gasteiger partial charge >= 0.3 is 6.18 Å².